The summed E-state index contributed by atoms with van der Waals surface area (Å²) < 4.78 is 6.60. The molecular formula is C16H14BrNO. The first-order valence-electron chi connectivity index (χ1n) is 6.16. The van der Waals surface area contributed by atoms with Gasteiger partial charge in [-0.1, -0.05) is 46.3 Å². The summed E-state index contributed by atoms with van der Waals surface area (Å²) >= 11 is 3.38. The molecule has 0 fully saturated rings. The van der Waals surface area contributed by atoms with E-state index in [1.807, 2.05) is 30.3 Å². The lowest BCUT2D eigenvalue weighted by Gasteiger charge is -2.08. The van der Waals surface area contributed by atoms with Crippen molar-refractivity contribution in [3.8, 4) is 11.8 Å². The van der Waals surface area contributed by atoms with Crippen LogP contribution >= 0.6 is 15.9 Å². The normalized spacial score (nSPS) is 9.89. The molecule has 0 N–H and O–H groups in total. The Kier molecular flexibility index (Phi) is 5.00. The van der Waals surface area contributed by atoms with Crippen molar-refractivity contribution in [3.05, 3.63) is 64.1 Å². The van der Waals surface area contributed by atoms with E-state index in [2.05, 4.69) is 34.1 Å². The summed E-state index contributed by atoms with van der Waals surface area (Å²) in [6, 6.07) is 17.9. The van der Waals surface area contributed by atoms with Gasteiger partial charge in [-0.05, 0) is 36.6 Å². The number of hydrogen-bond donors (Lipinski definition) is 0. The molecule has 2 aromatic rings. The molecule has 0 aliphatic heterocycles. The molecule has 0 unspecified atom stereocenters. The molecule has 0 atom stereocenters. The highest BCUT2D eigenvalue weighted by molar-refractivity contribution is 9.10. The molecule has 0 bridgehead atoms. The van der Waals surface area contributed by atoms with E-state index in [0.717, 1.165) is 17.3 Å². The molecule has 0 saturated carbocycles. The zero-order chi connectivity index (χ0) is 13.5. The Labute approximate surface area is 121 Å². The van der Waals surface area contributed by atoms with Crippen LogP contribution in [0.4, 0.5) is 0 Å². The van der Waals surface area contributed by atoms with Crippen molar-refractivity contribution in [1.82, 2.24) is 0 Å². The number of nitriles is 1. The van der Waals surface area contributed by atoms with Crippen molar-refractivity contribution in [1.29, 1.82) is 5.26 Å². The summed E-state index contributed by atoms with van der Waals surface area (Å²) in [5.74, 6) is 0.643. The topological polar surface area (TPSA) is 33.0 Å². The zero-order valence-electron chi connectivity index (χ0n) is 10.5. The lowest BCUT2D eigenvalue weighted by atomic mass is 10.1. The Morgan fingerprint density at radius 3 is 2.63 bits per heavy atom. The molecule has 0 heterocycles. The van der Waals surface area contributed by atoms with Crippen LogP contribution in [0.2, 0.25) is 0 Å². The van der Waals surface area contributed by atoms with Crippen LogP contribution in [0.25, 0.3) is 0 Å². The standard InChI is InChI=1S/C16H14BrNO/c17-15-9-8-14(12-18)16(11-15)19-10-4-7-13-5-2-1-3-6-13/h1-3,5-6,8-9,11H,4,7,10H2. The van der Waals surface area contributed by atoms with Crippen molar-refractivity contribution in [3.63, 3.8) is 0 Å². The monoisotopic (exact) mass is 315 g/mol. The summed E-state index contributed by atoms with van der Waals surface area (Å²) in [4.78, 5) is 0. The van der Waals surface area contributed by atoms with Gasteiger partial charge in [-0.15, -0.1) is 0 Å². The molecule has 0 saturated heterocycles. The fourth-order valence-electron chi connectivity index (χ4n) is 1.81. The van der Waals surface area contributed by atoms with Crippen molar-refractivity contribution >= 4 is 15.9 Å². The van der Waals surface area contributed by atoms with Crippen LogP contribution in [0.5, 0.6) is 5.75 Å². The average Bonchev–Trinajstić information content (AvgIpc) is 2.45. The summed E-state index contributed by atoms with van der Waals surface area (Å²) in [7, 11) is 0. The second-order valence-corrected chi connectivity index (χ2v) is 5.11. The van der Waals surface area contributed by atoms with Gasteiger partial charge in [-0.25, -0.2) is 0 Å². The van der Waals surface area contributed by atoms with Gasteiger partial charge in [0.15, 0.2) is 0 Å². The SMILES string of the molecule is N#Cc1ccc(Br)cc1OCCCc1ccccc1. The maximum Gasteiger partial charge on any atom is 0.138 e. The molecule has 0 aromatic heterocycles. The van der Waals surface area contributed by atoms with Crippen molar-refractivity contribution in [2.24, 2.45) is 0 Å². The fraction of sp³-hybridized carbons (Fsp3) is 0.188. The lowest BCUT2D eigenvalue weighted by Crippen LogP contribution is -2.01. The largest absolute Gasteiger partial charge is 0.492 e. The number of rotatable bonds is 5. The first kappa shape index (κ1) is 13.6. The average molecular weight is 316 g/mol. The van der Waals surface area contributed by atoms with E-state index in [0.29, 0.717) is 17.9 Å². The minimum absolute atomic E-state index is 0.572. The second-order valence-electron chi connectivity index (χ2n) is 4.19. The third-order valence-electron chi connectivity index (χ3n) is 2.77. The highest BCUT2D eigenvalue weighted by Crippen LogP contribution is 2.23. The molecule has 0 aliphatic rings. The number of aryl methyl sites for hydroxylation is 1. The van der Waals surface area contributed by atoms with Gasteiger partial charge in [-0.2, -0.15) is 5.26 Å². The Hall–Kier alpha value is -1.79. The summed E-state index contributed by atoms with van der Waals surface area (Å²) in [5.41, 5.74) is 1.88. The van der Waals surface area contributed by atoms with Crippen molar-refractivity contribution in [2.45, 2.75) is 12.8 Å². The summed E-state index contributed by atoms with van der Waals surface area (Å²) in [5, 5.41) is 9.00. The van der Waals surface area contributed by atoms with Crippen LogP contribution in [0, 0.1) is 11.3 Å². The minimum atomic E-state index is 0.572. The third kappa shape index (κ3) is 4.11. The van der Waals surface area contributed by atoms with E-state index in [-0.39, 0.29) is 0 Å². The first-order chi connectivity index (χ1) is 9.29. The van der Waals surface area contributed by atoms with Gasteiger partial charge >= 0.3 is 0 Å². The lowest BCUT2D eigenvalue weighted by molar-refractivity contribution is 0.310. The van der Waals surface area contributed by atoms with Crippen LogP contribution in [-0.2, 0) is 6.42 Å². The van der Waals surface area contributed by atoms with Crippen molar-refractivity contribution in [2.75, 3.05) is 6.61 Å². The van der Waals surface area contributed by atoms with Crippen LogP contribution in [0.3, 0.4) is 0 Å². The van der Waals surface area contributed by atoms with E-state index in [1.165, 1.54) is 5.56 Å². The second kappa shape index (κ2) is 6.96. The van der Waals surface area contributed by atoms with Crippen LogP contribution in [0.15, 0.2) is 53.0 Å². The van der Waals surface area contributed by atoms with E-state index in [4.69, 9.17) is 10.00 Å². The van der Waals surface area contributed by atoms with E-state index >= 15 is 0 Å². The summed E-state index contributed by atoms with van der Waals surface area (Å²) in [6.45, 7) is 0.611. The Bertz CT molecular complexity index is 575. The van der Waals surface area contributed by atoms with E-state index in [9.17, 15) is 0 Å². The first-order valence-corrected chi connectivity index (χ1v) is 6.95. The number of ether oxygens (including phenoxy) is 1. The Morgan fingerprint density at radius 1 is 1.11 bits per heavy atom. The molecule has 0 amide bonds. The number of benzene rings is 2. The maximum atomic E-state index is 9.00. The smallest absolute Gasteiger partial charge is 0.138 e. The molecule has 19 heavy (non-hydrogen) atoms. The number of hydrogen-bond acceptors (Lipinski definition) is 2. The molecule has 96 valence electrons. The van der Waals surface area contributed by atoms with Crippen LogP contribution in [0.1, 0.15) is 17.5 Å². The van der Waals surface area contributed by atoms with Gasteiger partial charge in [0, 0.05) is 4.47 Å². The molecule has 0 aliphatic carbocycles. The molecule has 2 nitrogen and oxygen atoms in total. The molecule has 3 heteroatoms. The van der Waals surface area contributed by atoms with Gasteiger partial charge in [-0.3, -0.25) is 0 Å². The zero-order valence-corrected chi connectivity index (χ0v) is 12.1. The van der Waals surface area contributed by atoms with E-state index in [1.54, 1.807) is 6.07 Å². The predicted molar refractivity (Wildman–Crippen MR) is 79.1 cm³/mol. The Balaban J connectivity index is 1.86. The van der Waals surface area contributed by atoms with Crippen LogP contribution in [-0.4, -0.2) is 6.61 Å². The van der Waals surface area contributed by atoms with Gasteiger partial charge < -0.3 is 4.74 Å². The fourth-order valence-corrected chi connectivity index (χ4v) is 2.15. The molecule has 0 spiro atoms. The third-order valence-corrected chi connectivity index (χ3v) is 3.27. The van der Waals surface area contributed by atoms with Gasteiger partial charge in [0.25, 0.3) is 0 Å². The van der Waals surface area contributed by atoms with Gasteiger partial charge in [0.2, 0.25) is 0 Å². The molecular weight excluding hydrogens is 302 g/mol. The Morgan fingerprint density at radius 2 is 1.89 bits per heavy atom. The van der Waals surface area contributed by atoms with E-state index < -0.39 is 0 Å². The number of halogens is 1. The quantitative estimate of drug-likeness (QED) is 0.769. The minimum Gasteiger partial charge on any atom is -0.492 e. The maximum absolute atomic E-state index is 9.00. The van der Waals surface area contributed by atoms with Gasteiger partial charge in [0.05, 0.1) is 12.2 Å². The molecule has 2 rings (SSSR count). The molecule has 0 radical (unpaired) electrons. The predicted octanol–water partition coefficient (Wildman–Crippen LogP) is 4.33. The van der Waals surface area contributed by atoms with Gasteiger partial charge in [0.1, 0.15) is 11.8 Å². The highest BCUT2D eigenvalue weighted by Gasteiger charge is 2.03. The van der Waals surface area contributed by atoms with Crippen LogP contribution < -0.4 is 4.74 Å². The number of nitrogens with zero attached hydrogens (tertiary/aromatic N) is 1. The van der Waals surface area contributed by atoms with Crippen molar-refractivity contribution < 1.29 is 4.74 Å². The molecule has 2 aromatic carbocycles. The highest BCUT2D eigenvalue weighted by atomic mass is 79.9. The summed E-state index contributed by atoms with van der Waals surface area (Å²) in [6.07, 6.45) is 1.91.